The highest BCUT2D eigenvalue weighted by atomic mass is 16.4. The van der Waals surface area contributed by atoms with Crippen LogP contribution in [0.3, 0.4) is 0 Å². The molecular formula is C16H24N6O4. The molecule has 1 N–H and O–H groups in total. The lowest BCUT2D eigenvalue weighted by atomic mass is 10.1. The molecule has 2 aliphatic heterocycles. The second kappa shape index (κ2) is 6.94. The van der Waals surface area contributed by atoms with Crippen molar-refractivity contribution in [1.29, 1.82) is 0 Å². The van der Waals surface area contributed by atoms with E-state index in [2.05, 4.69) is 4.98 Å². The Morgan fingerprint density at radius 2 is 1.96 bits per heavy atom. The number of carbonyl (C=O) groups is 3. The fraction of sp³-hybridized carbons (Fsp3) is 0.625. The molecule has 2 aliphatic rings. The molecule has 0 aliphatic carbocycles. The second-order valence-corrected chi connectivity index (χ2v) is 6.57. The highest BCUT2D eigenvalue weighted by Crippen LogP contribution is 2.21. The van der Waals surface area contributed by atoms with Crippen molar-refractivity contribution in [2.75, 3.05) is 33.2 Å². The quantitative estimate of drug-likeness (QED) is 0.831. The van der Waals surface area contributed by atoms with Crippen LogP contribution in [0.2, 0.25) is 0 Å². The van der Waals surface area contributed by atoms with Gasteiger partial charge in [-0.25, -0.2) is 24.1 Å². The number of carboxylic acid groups (broad SMARTS) is 1. The van der Waals surface area contributed by atoms with Gasteiger partial charge in [-0.3, -0.25) is 14.7 Å². The lowest BCUT2D eigenvalue weighted by Gasteiger charge is -2.40. The fourth-order valence-corrected chi connectivity index (χ4v) is 3.54. The topological polar surface area (TPSA) is 102 Å². The Labute approximate surface area is 151 Å². The standard InChI is InChI=1S/C16H24N6O4/c1-4-13(18(3)16(25)26)14(23)19-5-7-20(8-6-19)21-10-12-9-17-11(2)22(12)15(21)24/h9,13H,4-8,10H2,1-3H3,(H,25,26). The summed E-state index contributed by atoms with van der Waals surface area (Å²) in [6.07, 6.45) is 1.02. The normalized spacial score (nSPS) is 18.8. The highest BCUT2D eigenvalue weighted by Gasteiger charge is 2.36. The maximum atomic E-state index is 12.7. The lowest BCUT2D eigenvalue weighted by molar-refractivity contribution is -0.140. The van der Waals surface area contributed by atoms with Crippen LogP contribution in [0.5, 0.6) is 0 Å². The average Bonchev–Trinajstić information content (AvgIpc) is 3.15. The van der Waals surface area contributed by atoms with Gasteiger partial charge in [-0.15, -0.1) is 0 Å². The lowest BCUT2D eigenvalue weighted by Crippen LogP contribution is -2.58. The third-order valence-corrected chi connectivity index (χ3v) is 5.09. The highest BCUT2D eigenvalue weighted by molar-refractivity contribution is 5.85. The summed E-state index contributed by atoms with van der Waals surface area (Å²) in [5.74, 6) is 0.486. The Hall–Kier alpha value is -2.62. The number of aryl methyl sites for hydroxylation is 1. The number of nitrogens with zero attached hydrogens (tertiary/aromatic N) is 6. The number of carbonyl (C=O) groups excluding carboxylic acids is 2. The molecule has 10 heteroatoms. The molecule has 3 rings (SSSR count). The van der Waals surface area contributed by atoms with Crippen molar-refractivity contribution in [2.45, 2.75) is 32.9 Å². The Bertz CT molecular complexity index is 724. The number of hydrazine groups is 1. The molecule has 0 radical (unpaired) electrons. The summed E-state index contributed by atoms with van der Waals surface area (Å²) >= 11 is 0. The summed E-state index contributed by atoms with van der Waals surface area (Å²) in [6, 6.07) is -0.797. The molecule has 1 unspecified atom stereocenters. The first-order valence-corrected chi connectivity index (χ1v) is 8.69. The van der Waals surface area contributed by atoms with E-state index >= 15 is 0 Å². The van der Waals surface area contributed by atoms with E-state index in [1.807, 2.05) is 5.01 Å². The van der Waals surface area contributed by atoms with Crippen LogP contribution in [0.15, 0.2) is 6.20 Å². The average molecular weight is 364 g/mol. The zero-order valence-corrected chi connectivity index (χ0v) is 15.3. The van der Waals surface area contributed by atoms with Gasteiger partial charge in [-0.2, -0.15) is 0 Å². The van der Waals surface area contributed by atoms with Crippen LogP contribution in [0.1, 0.15) is 24.9 Å². The summed E-state index contributed by atoms with van der Waals surface area (Å²) in [5.41, 5.74) is 0.861. The molecule has 1 saturated heterocycles. The van der Waals surface area contributed by atoms with Crippen LogP contribution < -0.4 is 0 Å². The summed E-state index contributed by atoms with van der Waals surface area (Å²) in [7, 11) is 1.42. The van der Waals surface area contributed by atoms with Gasteiger partial charge in [0.15, 0.2) is 0 Å². The number of likely N-dealkylation sites (N-methyl/N-ethyl adjacent to an activating group) is 1. The molecule has 0 spiro atoms. The predicted molar refractivity (Wildman–Crippen MR) is 91.3 cm³/mol. The minimum atomic E-state index is -1.11. The molecule has 0 saturated carbocycles. The van der Waals surface area contributed by atoms with Gasteiger partial charge in [0.2, 0.25) is 5.91 Å². The van der Waals surface area contributed by atoms with E-state index < -0.39 is 12.1 Å². The van der Waals surface area contributed by atoms with Crippen LogP contribution >= 0.6 is 0 Å². The van der Waals surface area contributed by atoms with Crippen LogP contribution in [0, 0.1) is 6.92 Å². The van der Waals surface area contributed by atoms with Gasteiger partial charge in [0.05, 0.1) is 18.4 Å². The van der Waals surface area contributed by atoms with E-state index in [1.165, 1.54) is 7.05 Å². The molecule has 3 heterocycles. The van der Waals surface area contributed by atoms with Crippen LogP contribution in [-0.2, 0) is 11.3 Å². The number of hydrogen-bond donors (Lipinski definition) is 1. The summed E-state index contributed by atoms with van der Waals surface area (Å²) < 4.78 is 1.60. The predicted octanol–water partition coefficient (Wildman–Crippen LogP) is 0.423. The van der Waals surface area contributed by atoms with Crippen molar-refractivity contribution >= 4 is 18.0 Å². The van der Waals surface area contributed by atoms with E-state index in [-0.39, 0.29) is 11.9 Å². The van der Waals surface area contributed by atoms with Gasteiger partial charge in [-0.05, 0) is 13.3 Å². The molecule has 0 bridgehead atoms. The molecule has 1 atom stereocenters. The number of fused-ring (bicyclic) bond motifs is 1. The van der Waals surface area contributed by atoms with Crippen LogP contribution in [0.4, 0.5) is 9.59 Å². The van der Waals surface area contributed by atoms with E-state index in [1.54, 1.807) is 34.5 Å². The number of piperazine rings is 1. The van der Waals surface area contributed by atoms with Crippen molar-refractivity contribution in [2.24, 2.45) is 0 Å². The zero-order valence-electron chi connectivity index (χ0n) is 15.3. The maximum absolute atomic E-state index is 12.7. The zero-order chi connectivity index (χ0) is 19.0. The van der Waals surface area contributed by atoms with E-state index in [4.69, 9.17) is 5.11 Å². The van der Waals surface area contributed by atoms with Crippen molar-refractivity contribution in [1.82, 2.24) is 29.4 Å². The third kappa shape index (κ3) is 3.00. The van der Waals surface area contributed by atoms with Crippen molar-refractivity contribution in [3.05, 3.63) is 17.7 Å². The molecular weight excluding hydrogens is 340 g/mol. The smallest absolute Gasteiger partial charge is 0.407 e. The van der Waals surface area contributed by atoms with Gasteiger partial charge < -0.3 is 10.0 Å². The van der Waals surface area contributed by atoms with Gasteiger partial charge in [-0.1, -0.05) is 6.92 Å². The van der Waals surface area contributed by atoms with Crippen molar-refractivity contribution < 1.29 is 19.5 Å². The van der Waals surface area contributed by atoms with Crippen LogP contribution in [-0.4, -0.2) is 91.8 Å². The Balaban J connectivity index is 1.60. The van der Waals surface area contributed by atoms with E-state index in [0.717, 1.165) is 10.6 Å². The molecule has 142 valence electrons. The SMILES string of the molecule is CCC(C(=O)N1CCN(N2Cc3cnc(C)n3C2=O)CC1)N(C)C(=O)O. The summed E-state index contributed by atoms with van der Waals surface area (Å²) in [6.45, 7) is 6.05. The number of aromatic nitrogens is 2. The molecule has 1 fully saturated rings. The van der Waals surface area contributed by atoms with Gasteiger partial charge in [0.1, 0.15) is 11.9 Å². The fourth-order valence-electron chi connectivity index (χ4n) is 3.54. The monoisotopic (exact) mass is 364 g/mol. The molecule has 0 aromatic carbocycles. The Morgan fingerprint density at radius 3 is 2.50 bits per heavy atom. The van der Waals surface area contributed by atoms with Crippen molar-refractivity contribution in [3.8, 4) is 0 Å². The number of rotatable bonds is 4. The molecule has 26 heavy (non-hydrogen) atoms. The Kier molecular flexibility index (Phi) is 4.86. The largest absolute Gasteiger partial charge is 0.465 e. The number of imidazole rings is 1. The van der Waals surface area contributed by atoms with E-state index in [0.29, 0.717) is 45.0 Å². The molecule has 1 aromatic rings. The summed E-state index contributed by atoms with van der Waals surface area (Å²) in [5, 5.41) is 12.8. The first-order chi connectivity index (χ1) is 12.3. The molecule has 1 aromatic heterocycles. The Morgan fingerprint density at radius 1 is 1.31 bits per heavy atom. The van der Waals surface area contributed by atoms with Gasteiger partial charge in [0, 0.05) is 33.2 Å². The first kappa shape index (κ1) is 18.2. The molecule has 3 amide bonds. The number of hydrogen-bond acceptors (Lipinski definition) is 5. The maximum Gasteiger partial charge on any atom is 0.407 e. The summed E-state index contributed by atoms with van der Waals surface area (Å²) in [4.78, 5) is 43.3. The molecule has 10 nitrogen and oxygen atoms in total. The van der Waals surface area contributed by atoms with Gasteiger partial charge >= 0.3 is 12.1 Å². The second-order valence-electron chi connectivity index (χ2n) is 6.57. The van der Waals surface area contributed by atoms with Gasteiger partial charge in [0.25, 0.3) is 0 Å². The van der Waals surface area contributed by atoms with Crippen LogP contribution in [0.25, 0.3) is 0 Å². The van der Waals surface area contributed by atoms with Crippen molar-refractivity contribution in [3.63, 3.8) is 0 Å². The first-order valence-electron chi connectivity index (χ1n) is 8.69. The number of amides is 3. The minimum absolute atomic E-state index is 0.119. The van der Waals surface area contributed by atoms with E-state index in [9.17, 15) is 14.4 Å². The minimum Gasteiger partial charge on any atom is -0.465 e. The third-order valence-electron chi connectivity index (χ3n) is 5.09.